The smallest absolute Gasteiger partial charge is 0.278 e. The number of anilines is 2. The van der Waals surface area contributed by atoms with Crippen LogP contribution in [0.1, 0.15) is 14.8 Å². The van der Waals surface area contributed by atoms with Crippen molar-refractivity contribution in [2.45, 2.75) is 0 Å². The monoisotopic (exact) mass is 315 g/mol. The molecule has 0 aliphatic rings. The van der Waals surface area contributed by atoms with E-state index in [0.717, 1.165) is 5.56 Å². The van der Waals surface area contributed by atoms with Gasteiger partial charge in [-0.1, -0.05) is 0 Å². The number of hydrogen-bond donors (Lipinski definition) is 2. The number of rotatable bonds is 3. The standard InChI is InChI=1S/C16H12FN5O.3H2/c17-11-3-5-12(6-4-11)21-16(23)14-15(18)20-9-13(22-14)10-2-1-7-19-8-10;;;/h1-9H,(H2,18,20)(H,21,23);3*1H. The number of amides is 1. The molecule has 3 N–H and O–H groups in total. The zero-order valence-electron chi connectivity index (χ0n) is 11.9. The average molecular weight is 315 g/mol. The highest BCUT2D eigenvalue weighted by molar-refractivity contribution is 6.05. The third-order valence-electron chi connectivity index (χ3n) is 3.08. The van der Waals surface area contributed by atoms with Crippen LogP contribution in [0.25, 0.3) is 11.3 Å². The first-order valence-corrected chi connectivity index (χ1v) is 6.73. The van der Waals surface area contributed by atoms with Crippen molar-refractivity contribution in [1.29, 1.82) is 0 Å². The van der Waals surface area contributed by atoms with Crippen LogP contribution < -0.4 is 11.1 Å². The molecular formula is C16H18FN5O. The molecule has 0 radical (unpaired) electrons. The summed E-state index contributed by atoms with van der Waals surface area (Å²) in [5, 5.41) is 2.60. The van der Waals surface area contributed by atoms with Crippen molar-refractivity contribution in [2.75, 3.05) is 11.1 Å². The molecule has 3 aromatic rings. The molecule has 1 amide bonds. The fraction of sp³-hybridized carbons (Fsp3) is 0. The number of nitrogen functional groups attached to an aromatic ring is 1. The fourth-order valence-electron chi connectivity index (χ4n) is 1.94. The lowest BCUT2D eigenvalue weighted by molar-refractivity contribution is 0.102. The van der Waals surface area contributed by atoms with E-state index in [-0.39, 0.29) is 21.6 Å². The lowest BCUT2D eigenvalue weighted by Gasteiger charge is -2.08. The van der Waals surface area contributed by atoms with Gasteiger partial charge in [-0.3, -0.25) is 9.78 Å². The Morgan fingerprint density at radius 2 is 1.96 bits per heavy atom. The van der Waals surface area contributed by atoms with Crippen molar-refractivity contribution < 1.29 is 13.5 Å². The first-order chi connectivity index (χ1) is 11.1. The Morgan fingerprint density at radius 3 is 2.65 bits per heavy atom. The molecule has 0 saturated heterocycles. The topological polar surface area (TPSA) is 93.8 Å². The first kappa shape index (κ1) is 14.6. The molecule has 0 fully saturated rings. The molecule has 0 aliphatic carbocycles. The number of nitrogens with two attached hydrogens (primary N) is 1. The Balaban J connectivity index is 0.00000208. The summed E-state index contributed by atoms with van der Waals surface area (Å²) < 4.78 is 12.9. The van der Waals surface area contributed by atoms with E-state index in [1.54, 1.807) is 24.5 Å². The van der Waals surface area contributed by atoms with E-state index in [1.807, 2.05) is 0 Å². The van der Waals surface area contributed by atoms with Crippen molar-refractivity contribution in [3.8, 4) is 11.3 Å². The number of carbonyl (C=O) groups excluding carboxylic acids is 1. The van der Waals surface area contributed by atoms with E-state index in [2.05, 4.69) is 20.3 Å². The maximum Gasteiger partial charge on any atom is 0.278 e. The van der Waals surface area contributed by atoms with Gasteiger partial charge < -0.3 is 11.1 Å². The molecule has 2 heterocycles. The van der Waals surface area contributed by atoms with Crippen LogP contribution in [0.5, 0.6) is 0 Å². The van der Waals surface area contributed by atoms with Gasteiger partial charge in [0.1, 0.15) is 5.82 Å². The van der Waals surface area contributed by atoms with Gasteiger partial charge in [-0.25, -0.2) is 14.4 Å². The molecule has 3 rings (SSSR count). The Morgan fingerprint density at radius 1 is 1.17 bits per heavy atom. The van der Waals surface area contributed by atoms with Crippen LogP contribution in [-0.2, 0) is 0 Å². The highest BCUT2D eigenvalue weighted by Crippen LogP contribution is 2.18. The Labute approximate surface area is 135 Å². The van der Waals surface area contributed by atoms with Crippen molar-refractivity contribution >= 4 is 17.4 Å². The minimum Gasteiger partial charge on any atom is -0.382 e. The molecule has 2 aromatic heterocycles. The average Bonchev–Trinajstić information content (AvgIpc) is 2.58. The first-order valence-electron chi connectivity index (χ1n) is 6.73. The van der Waals surface area contributed by atoms with Crippen molar-refractivity contribution in [2.24, 2.45) is 0 Å². The summed E-state index contributed by atoms with van der Waals surface area (Å²) >= 11 is 0. The van der Waals surface area contributed by atoms with Gasteiger partial charge in [0.05, 0.1) is 11.9 Å². The zero-order valence-corrected chi connectivity index (χ0v) is 11.9. The van der Waals surface area contributed by atoms with Crippen molar-refractivity contribution in [3.05, 3.63) is 66.5 Å². The van der Waals surface area contributed by atoms with Crippen LogP contribution in [0, 0.1) is 5.82 Å². The number of benzene rings is 1. The number of pyridine rings is 1. The van der Waals surface area contributed by atoms with Crippen LogP contribution in [0.2, 0.25) is 0 Å². The predicted octanol–water partition coefficient (Wildman–Crippen LogP) is 3.25. The summed E-state index contributed by atoms with van der Waals surface area (Å²) in [5.41, 5.74) is 7.37. The van der Waals surface area contributed by atoms with Gasteiger partial charge >= 0.3 is 0 Å². The minimum atomic E-state index is -0.521. The molecule has 23 heavy (non-hydrogen) atoms. The third kappa shape index (κ3) is 3.29. The van der Waals surface area contributed by atoms with Crippen molar-refractivity contribution in [3.63, 3.8) is 0 Å². The minimum absolute atomic E-state index is 0. The summed E-state index contributed by atoms with van der Waals surface area (Å²) in [6.07, 6.45) is 4.72. The molecule has 0 aliphatic heterocycles. The molecule has 0 saturated carbocycles. The number of nitrogens with one attached hydrogen (secondary N) is 1. The summed E-state index contributed by atoms with van der Waals surface area (Å²) in [6.45, 7) is 0. The van der Waals surface area contributed by atoms with Crippen LogP contribution in [-0.4, -0.2) is 20.9 Å². The highest BCUT2D eigenvalue weighted by Gasteiger charge is 2.15. The third-order valence-corrected chi connectivity index (χ3v) is 3.08. The summed E-state index contributed by atoms with van der Waals surface area (Å²) in [6, 6.07) is 8.94. The van der Waals surface area contributed by atoms with Gasteiger partial charge in [-0.05, 0) is 36.4 Å². The van der Waals surface area contributed by atoms with Crippen LogP contribution in [0.3, 0.4) is 0 Å². The zero-order chi connectivity index (χ0) is 16.2. The van der Waals surface area contributed by atoms with Crippen LogP contribution in [0.4, 0.5) is 15.9 Å². The quantitative estimate of drug-likeness (QED) is 0.773. The molecule has 0 unspecified atom stereocenters. The molecule has 7 heteroatoms. The molecular weight excluding hydrogens is 297 g/mol. The largest absolute Gasteiger partial charge is 0.382 e. The van der Waals surface area contributed by atoms with E-state index in [9.17, 15) is 9.18 Å². The van der Waals surface area contributed by atoms with E-state index in [4.69, 9.17) is 5.73 Å². The second-order valence-corrected chi connectivity index (χ2v) is 4.69. The van der Waals surface area contributed by atoms with Gasteiger partial charge in [0, 0.05) is 27.9 Å². The molecule has 0 spiro atoms. The predicted molar refractivity (Wildman–Crippen MR) is 90.4 cm³/mol. The highest BCUT2D eigenvalue weighted by atomic mass is 19.1. The second kappa shape index (κ2) is 6.18. The number of hydrogen-bond acceptors (Lipinski definition) is 5. The van der Waals surface area contributed by atoms with Gasteiger partial charge in [-0.15, -0.1) is 0 Å². The summed E-state index contributed by atoms with van der Waals surface area (Å²) in [7, 11) is 0. The van der Waals surface area contributed by atoms with E-state index in [0.29, 0.717) is 11.4 Å². The SMILES string of the molecule is Nc1ncc(-c2cccnc2)nc1C(=O)Nc1ccc(F)cc1.[HH].[HH].[HH]. The maximum absolute atomic E-state index is 12.9. The number of carbonyl (C=O) groups is 1. The van der Waals surface area contributed by atoms with Gasteiger partial charge in [0.25, 0.3) is 5.91 Å². The van der Waals surface area contributed by atoms with Gasteiger partial charge in [0.15, 0.2) is 11.5 Å². The Bertz CT molecular complexity index is 850. The van der Waals surface area contributed by atoms with Crippen molar-refractivity contribution in [1.82, 2.24) is 15.0 Å². The lowest BCUT2D eigenvalue weighted by atomic mass is 10.2. The lowest BCUT2D eigenvalue weighted by Crippen LogP contribution is -2.17. The number of aromatic nitrogens is 3. The van der Waals surface area contributed by atoms with Crippen LogP contribution in [0.15, 0.2) is 55.0 Å². The molecule has 0 bridgehead atoms. The Kier molecular flexibility index (Phi) is 3.92. The van der Waals surface area contributed by atoms with E-state index >= 15 is 0 Å². The normalized spacial score (nSPS) is 10.3. The van der Waals surface area contributed by atoms with Crippen LogP contribution >= 0.6 is 0 Å². The van der Waals surface area contributed by atoms with Gasteiger partial charge in [0.2, 0.25) is 0 Å². The summed E-state index contributed by atoms with van der Waals surface area (Å²) in [5.74, 6) is -0.898. The molecule has 120 valence electrons. The van der Waals surface area contributed by atoms with Gasteiger partial charge in [-0.2, -0.15) is 0 Å². The second-order valence-electron chi connectivity index (χ2n) is 4.69. The molecule has 6 nitrogen and oxygen atoms in total. The number of halogens is 1. The van der Waals surface area contributed by atoms with E-state index in [1.165, 1.54) is 30.5 Å². The molecule has 0 atom stereocenters. The molecule has 1 aromatic carbocycles. The van der Waals surface area contributed by atoms with E-state index < -0.39 is 5.91 Å². The Hall–Kier alpha value is -3.35. The summed E-state index contributed by atoms with van der Waals surface area (Å²) in [4.78, 5) is 24.5. The number of nitrogens with zero attached hydrogens (tertiary/aromatic N) is 3. The maximum atomic E-state index is 12.9. The fourth-order valence-corrected chi connectivity index (χ4v) is 1.94.